The number of methoxy groups -OCH3 is 1. The predicted octanol–water partition coefficient (Wildman–Crippen LogP) is 3.78. The van der Waals surface area contributed by atoms with Crippen LogP contribution in [-0.2, 0) is 13.1 Å². The lowest BCUT2D eigenvalue weighted by Crippen LogP contribution is -2.17. The van der Waals surface area contributed by atoms with Crippen LogP contribution >= 0.6 is 0 Å². The van der Waals surface area contributed by atoms with Gasteiger partial charge in [0.2, 0.25) is 11.7 Å². The predicted molar refractivity (Wildman–Crippen MR) is 99.1 cm³/mol. The molecule has 0 bridgehead atoms. The summed E-state index contributed by atoms with van der Waals surface area (Å²) < 4.78 is 16.5. The quantitative estimate of drug-likeness (QED) is 0.614. The molecule has 2 aromatic carbocycles. The minimum absolute atomic E-state index is 0.537. The molecule has 26 heavy (non-hydrogen) atoms. The molecule has 6 nitrogen and oxygen atoms in total. The zero-order valence-electron chi connectivity index (χ0n) is 15.3. The lowest BCUT2D eigenvalue weighted by Gasteiger charge is -2.16. The number of benzene rings is 2. The van der Waals surface area contributed by atoms with Gasteiger partial charge in [-0.1, -0.05) is 35.5 Å². The molecule has 136 valence electrons. The second-order valence-corrected chi connectivity index (χ2v) is 5.93. The van der Waals surface area contributed by atoms with Crippen LogP contribution in [0.2, 0.25) is 0 Å². The molecule has 0 spiro atoms. The molecule has 0 N–H and O–H groups in total. The number of rotatable bonds is 8. The van der Waals surface area contributed by atoms with Crippen LogP contribution in [0.3, 0.4) is 0 Å². The maximum absolute atomic E-state index is 5.64. The smallest absolute Gasteiger partial charge is 0.241 e. The van der Waals surface area contributed by atoms with Crippen molar-refractivity contribution in [3.8, 4) is 22.9 Å². The van der Waals surface area contributed by atoms with Gasteiger partial charge in [0.1, 0.15) is 11.5 Å². The molecule has 0 aliphatic carbocycles. The summed E-state index contributed by atoms with van der Waals surface area (Å²) in [4.78, 5) is 6.62. The second-order valence-electron chi connectivity index (χ2n) is 5.93. The Kier molecular flexibility index (Phi) is 5.86. The first-order chi connectivity index (χ1) is 12.7. The number of aromatic nitrogens is 2. The molecule has 1 aromatic heterocycles. The second kappa shape index (κ2) is 8.49. The SMILES string of the molecule is CCOc1ccccc1-c1noc(CN(C)Cc2ccccc2OC)n1. The van der Waals surface area contributed by atoms with Crippen LogP contribution in [0.15, 0.2) is 53.1 Å². The van der Waals surface area contributed by atoms with Crippen LogP contribution in [-0.4, -0.2) is 35.8 Å². The van der Waals surface area contributed by atoms with Crippen molar-refractivity contribution in [3.63, 3.8) is 0 Å². The number of nitrogens with zero attached hydrogens (tertiary/aromatic N) is 3. The summed E-state index contributed by atoms with van der Waals surface area (Å²) in [7, 11) is 3.68. The summed E-state index contributed by atoms with van der Waals surface area (Å²) in [6, 6.07) is 15.7. The fraction of sp³-hybridized carbons (Fsp3) is 0.300. The summed E-state index contributed by atoms with van der Waals surface area (Å²) in [6.45, 7) is 3.80. The van der Waals surface area contributed by atoms with E-state index in [-0.39, 0.29) is 0 Å². The largest absolute Gasteiger partial charge is 0.496 e. The van der Waals surface area contributed by atoms with Gasteiger partial charge in [0.05, 0.1) is 25.8 Å². The summed E-state index contributed by atoms with van der Waals surface area (Å²) in [5.41, 5.74) is 1.94. The van der Waals surface area contributed by atoms with E-state index in [1.807, 2.05) is 62.5 Å². The van der Waals surface area contributed by atoms with E-state index < -0.39 is 0 Å². The molecule has 0 aliphatic rings. The van der Waals surface area contributed by atoms with E-state index in [4.69, 9.17) is 14.0 Å². The molecule has 6 heteroatoms. The van der Waals surface area contributed by atoms with Crippen molar-refractivity contribution < 1.29 is 14.0 Å². The molecule has 0 saturated heterocycles. The lowest BCUT2D eigenvalue weighted by atomic mass is 10.2. The Morgan fingerprint density at radius 1 is 1.00 bits per heavy atom. The van der Waals surface area contributed by atoms with Crippen molar-refractivity contribution in [1.29, 1.82) is 0 Å². The van der Waals surface area contributed by atoms with Gasteiger partial charge in [-0.05, 0) is 32.2 Å². The monoisotopic (exact) mass is 353 g/mol. The standard InChI is InChI=1S/C20H23N3O3/c1-4-25-18-12-8-6-10-16(18)20-21-19(26-22-20)14-23(2)13-15-9-5-7-11-17(15)24-3/h5-12H,4,13-14H2,1-3H3. The van der Waals surface area contributed by atoms with E-state index >= 15 is 0 Å². The van der Waals surface area contributed by atoms with Gasteiger partial charge >= 0.3 is 0 Å². The highest BCUT2D eigenvalue weighted by Gasteiger charge is 2.15. The molecule has 0 unspecified atom stereocenters. The third-order valence-electron chi connectivity index (χ3n) is 3.93. The van der Waals surface area contributed by atoms with Crippen molar-refractivity contribution in [1.82, 2.24) is 15.0 Å². The van der Waals surface area contributed by atoms with E-state index in [0.29, 0.717) is 24.9 Å². The lowest BCUT2D eigenvalue weighted by molar-refractivity contribution is 0.257. The van der Waals surface area contributed by atoms with Crippen molar-refractivity contribution in [2.75, 3.05) is 20.8 Å². The van der Waals surface area contributed by atoms with E-state index in [0.717, 1.165) is 29.2 Å². The molecule has 0 amide bonds. The van der Waals surface area contributed by atoms with Gasteiger partial charge in [-0.25, -0.2) is 0 Å². The van der Waals surface area contributed by atoms with E-state index in [1.165, 1.54) is 0 Å². The fourth-order valence-electron chi connectivity index (χ4n) is 2.77. The minimum Gasteiger partial charge on any atom is -0.496 e. The van der Waals surface area contributed by atoms with Crippen LogP contribution in [0.25, 0.3) is 11.4 Å². The number of ether oxygens (including phenoxy) is 2. The molecule has 0 fully saturated rings. The number of hydrogen-bond donors (Lipinski definition) is 0. The van der Waals surface area contributed by atoms with Gasteiger partial charge in [-0.15, -0.1) is 0 Å². The van der Waals surface area contributed by atoms with Crippen LogP contribution in [0, 0.1) is 0 Å². The third-order valence-corrected chi connectivity index (χ3v) is 3.93. The molecule has 1 heterocycles. The number of para-hydroxylation sites is 2. The first-order valence-corrected chi connectivity index (χ1v) is 8.56. The van der Waals surface area contributed by atoms with Crippen molar-refractivity contribution in [2.45, 2.75) is 20.0 Å². The average molecular weight is 353 g/mol. The molecular formula is C20H23N3O3. The Morgan fingerprint density at radius 2 is 1.73 bits per heavy atom. The van der Waals surface area contributed by atoms with E-state index in [1.54, 1.807) is 7.11 Å². The molecule has 3 rings (SSSR count). The minimum atomic E-state index is 0.537. The molecule has 3 aromatic rings. The van der Waals surface area contributed by atoms with Crippen LogP contribution in [0.1, 0.15) is 18.4 Å². The summed E-state index contributed by atoms with van der Waals surface area (Å²) in [5.74, 6) is 2.72. The molecular weight excluding hydrogens is 330 g/mol. The third kappa shape index (κ3) is 4.21. The highest BCUT2D eigenvalue weighted by molar-refractivity contribution is 5.63. The fourth-order valence-corrected chi connectivity index (χ4v) is 2.77. The zero-order chi connectivity index (χ0) is 18.4. The van der Waals surface area contributed by atoms with Gasteiger partial charge in [-0.3, -0.25) is 4.90 Å². The average Bonchev–Trinajstić information content (AvgIpc) is 3.11. The van der Waals surface area contributed by atoms with Crippen molar-refractivity contribution in [3.05, 3.63) is 60.0 Å². The van der Waals surface area contributed by atoms with Gasteiger partial charge in [0.25, 0.3) is 0 Å². The Labute approximate surface area is 153 Å². The molecule has 0 aliphatic heterocycles. The first kappa shape index (κ1) is 17.9. The summed E-state index contributed by atoms with van der Waals surface area (Å²) in [6.07, 6.45) is 0. The highest BCUT2D eigenvalue weighted by Crippen LogP contribution is 2.27. The Bertz CT molecular complexity index is 848. The van der Waals surface area contributed by atoms with E-state index in [2.05, 4.69) is 15.0 Å². The Balaban J connectivity index is 1.70. The van der Waals surface area contributed by atoms with Gasteiger partial charge in [0, 0.05) is 12.1 Å². The molecule has 0 saturated carbocycles. The maximum atomic E-state index is 5.64. The first-order valence-electron chi connectivity index (χ1n) is 8.56. The van der Waals surface area contributed by atoms with Crippen LogP contribution in [0.4, 0.5) is 0 Å². The van der Waals surface area contributed by atoms with Gasteiger partial charge in [-0.2, -0.15) is 4.98 Å². The van der Waals surface area contributed by atoms with Crippen molar-refractivity contribution >= 4 is 0 Å². The van der Waals surface area contributed by atoms with Gasteiger partial charge < -0.3 is 14.0 Å². The maximum Gasteiger partial charge on any atom is 0.241 e. The summed E-state index contributed by atoms with van der Waals surface area (Å²) >= 11 is 0. The normalized spacial score (nSPS) is 10.9. The topological polar surface area (TPSA) is 60.6 Å². The van der Waals surface area contributed by atoms with Crippen LogP contribution in [0.5, 0.6) is 11.5 Å². The Morgan fingerprint density at radius 3 is 2.50 bits per heavy atom. The van der Waals surface area contributed by atoms with Crippen molar-refractivity contribution in [2.24, 2.45) is 0 Å². The zero-order valence-corrected chi connectivity index (χ0v) is 15.3. The van der Waals surface area contributed by atoms with E-state index in [9.17, 15) is 0 Å². The van der Waals surface area contributed by atoms with Gasteiger partial charge in [0.15, 0.2) is 0 Å². The Hall–Kier alpha value is -2.86. The van der Waals surface area contributed by atoms with Crippen LogP contribution < -0.4 is 9.47 Å². The summed E-state index contributed by atoms with van der Waals surface area (Å²) in [5, 5.41) is 4.11. The highest BCUT2D eigenvalue weighted by atomic mass is 16.5. The number of hydrogen-bond acceptors (Lipinski definition) is 6. The molecule has 0 radical (unpaired) electrons. The molecule has 0 atom stereocenters.